The summed E-state index contributed by atoms with van der Waals surface area (Å²) in [7, 11) is 0. The number of urea groups is 1. The number of carbonyl (C=O) groups excluding carboxylic acids is 1. The molecule has 9 heteroatoms. The van der Waals surface area contributed by atoms with Crippen molar-refractivity contribution in [2.75, 3.05) is 0 Å². The van der Waals surface area contributed by atoms with Crippen LogP contribution in [0.2, 0.25) is 0 Å². The molecule has 0 saturated heterocycles. The van der Waals surface area contributed by atoms with Crippen LogP contribution in [-0.2, 0) is 6.42 Å². The highest BCUT2D eigenvalue weighted by atomic mass is 19.2. The molecule has 0 aliphatic rings. The number of nitrogens with zero attached hydrogens (tertiary/aromatic N) is 2. The number of carbonyl (C=O) groups is 1. The Morgan fingerprint density at radius 2 is 1.89 bits per heavy atom. The molecule has 2 amide bonds. The molecule has 0 saturated carbocycles. The van der Waals surface area contributed by atoms with Crippen molar-refractivity contribution in [3.8, 4) is 11.4 Å². The minimum Gasteiger partial charge on any atom is -0.352 e. The molecule has 3 N–H and O–H groups in total. The first-order chi connectivity index (χ1) is 12.8. The summed E-state index contributed by atoms with van der Waals surface area (Å²) in [4.78, 5) is 15.4. The van der Waals surface area contributed by atoms with Crippen molar-refractivity contribution >= 4 is 6.03 Å². The Balaban J connectivity index is 1.88. The SMILES string of the molecule is Cc1ccccc1C(Cc1nc(-c2cc(F)c(F)c(F)c2)no1)NC(N)=O. The number of rotatable bonds is 5. The number of nitrogens with one attached hydrogen (secondary N) is 1. The summed E-state index contributed by atoms with van der Waals surface area (Å²) < 4.78 is 45.0. The fourth-order valence-electron chi connectivity index (χ4n) is 2.70. The molecular weight excluding hydrogens is 361 g/mol. The molecule has 6 nitrogen and oxygen atoms in total. The van der Waals surface area contributed by atoms with Crippen molar-refractivity contribution in [2.24, 2.45) is 5.73 Å². The molecule has 1 unspecified atom stereocenters. The summed E-state index contributed by atoms with van der Waals surface area (Å²) in [5.41, 5.74) is 6.89. The highest BCUT2D eigenvalue weighted by Gasteiger charge is 2.21. The van der Waals surface area contributed by atoms with E-state index in [1.807, 2.05) is 25.1 Å². The van der Waals surface area contributed by atoms with Crippen LogP contribution >= 0.6 is 0 Å². The molecule has 0 bridgehead atoms. The van der Waals surface area contributed by atoms with Crippen LogP contribution in [0.3, 0.4) is 0 Å². The fraction of sp³-hybridized carbons (Fsp3) is 0.167. The second-order valence-electron chi connectivity index (χ2n) is 5.89. The van der Waals surface area contributed by atoms with Crippen LogP contribution in [0.4, 0.5) is 18.0 Å². The van der Waals surface area contributed by atoms with Gasteiger partial charge < -0.3 is 15.6 Å². The Labute approximate surface area is 152 Å². The van der Waals surface area contributed by atoms with Crippen LogP contribution in [0.1, 0.15) is 23.1 Å². The van der Waals surface area contributed by atoms with Gasteiger partial charge in [0.05, 0.1) is 12.5 Å². The minimum atomic E-state index is -1.58. The normalized spacial score (nSPS) is 12.0. The molecule has 0 spiro atoms. The van der Waals surface area contributed by atoms with Crippen LogP contribution in [0.25, 0.3) is 11.4 Å². The topological polar surface area (TPSA) is 94.0 Å². The number of benzene rings is 2. The Hall–Kier alpha value is -3.36. The second-order valence-corrected chi connectivity index (χ2v) is 5.89. The van der Waals surface area contributed by atoms with Gasteiger partial charge in [-0.1, -0.05) is 29.4 Å². The van der Waals surface area contributed by atoms with Gasteiger partial charge in [0.15, 0.2) is 17.5 Å². The maximum absolute atomic E-state index is 13.4. The van der Waals surface area contributed by atoms with Gasteiger partial charge >= 0.3 is 6.03 Å². The van der Waals surface area contributed by atoms with E-state index in [1.54, 1.807) is 6.07 Å². The zero-order valence-electron chi connectivity index (χ0n) is 14.2. The summed E-state index contributed by atoms with van der Waals surface area (Å²) >= 11 is 0. The van der Waals surface area contributed by atoms with Crippen molar-refractivity contribution in [2.45, 2.75) is 19.4 Å². The number of hydrogen-bond donors (Lipinski definition) is 2. The monoisotopic (exact) mass is 376 g/mol. The molecule has 1 aromatic heterocycles. The third-order valence-corrected chi connectivity index (χ3v) is 3.97. The predicted octanol–water partition coefficient (Wildman–Crippen LogP) is 3.41. The van der Waals surface area contributed by atoms with Crippen LogP contribution < -0.4 is 11.1 Å². The van der Waals surface area contributed by atoms with Gasteiger partial charge in [0.25, 0.3) is 0 Å². The van der Waals surface area contributed by atoms with Gasteiger partial charge in [0, 0.05) is 5.56 Å². The average Bonchev–Trinajstić information content (AvgIpc) is 3.07. The molecule has 0 aliphatic heterocycles. The largest absolute Gasteiger partial charge is 0.352 e. The Morgan fingerprint density at radius 3 is 2.52 bits per heavy atom. The number of aromatic nitrogens is 2. The molecule has 1 atom stereocenters. The Bertz CT molecular complexity index is 967. The molecule has 140 valence electrons. The first-order valence-corrected chi connectivity index (χ1v) is 7.94. The van der Waals surface area contributed by atoms with E-state index in [0.717, 1.165) is 23.3 Å². The highest BCUT2D eigenvalue weighted by Crippen LogP contribution is 2.24. The number of aryl methyl sites for hydroxylation is 1. The zero-order valence-corrected chi connectivity index (χ0v) is 14.2. The van der Waals surface area contributed by atoms with Crippen LogP contribution in [0, 0.1) is 24.4 Å². The predicted molar refractivity (Wildman–Crippen MR) is 90.0 cm³/mol. The summed E-state index contributed by atoms with van der Waals surface area (Å²) in [5.74, 6) is -4.29. The Kier molecular flexibility index (Phi) is 5.11. The van der Waals surface area contributed by atoms with Crippen LogP contribution in [0.15, 0.2) is 40.9 Å². The van der Waals surface area contributed by atoms with E-state index in [2.05, 4.69) is 15.5 Å². The third kappa shape index (κ3) is 4.08. The molecule has 2 aromatic carbocycles. The summed E-state index contributed by atoms with van der Waals surface area (Å²) in [6.45, 7) is 1.87. The first-order valence-electron chi connectivity index (χ1n) is 7.94. The van der Waals surface area contributed by atoms with Gasteiger partial charge in [-0.05, 0) is 30.2 Å². The van der Waals surface area contributed by atoms with E-state index >= 15 is 0 Å². The quantitative estimate of drug-likeness (QED) is 0.667. The van der Waals surface area contributed by atoms with Crippen LogP contribution in [-0.4, -0.2) is 16.2 Å². The van der Waals surface area contributed by atoms with Gasteiger partial charge in [-0.3, -0.25) is 0 Å². The van der Waals surface area contributed by atoms with Crippen molar-refractivity contribution in [3.63, 3.8) is 0 Å². The molecular formula is C18H15F3N4O2. The van der Waals surface area contributed by atoms with Gasteiger partial charge in [0.1, 0.15) is 0 Å². The molecule has 0 radical (unpaired) electrons. The lowest BCUT2D eigenvalue weighted by molar-refractivity contribution is 0.244. The summed E-state index contributed by atoms with van der Waals surface area (Å²) in [6.07, 6.45) is 0.104. The summed E-state index contributed by atoms with van der Waals surface area (Å²) in [6, 6.07) is 7.61. The molecule has 1 heterocycles. The van der Waals surface area contributed by atoms with Gasteiger partial charge in [-0.15, -0.1) is 0 Å². The van der Waals surface area contributed by atoms with Crippen molar-refractivity contribution < 1.29 is 22.5 Å². The van der Waals surface area contributed by atoms with Crippen molar-refractivity contribution in [1.29, 1.82) is 0 Å². The number of amides is 2. The van der Waals surface area contributed by atoms with Gasteiger partial charge in [-0.2, -0.15) is 4.98 Å². The van der Waals surface area contributed by atoms with E-state index in [1.165, 1.54) is 0 Å². The minimum absolute atomic E-state index is 0.0725. The fourth-order valence-corrected chi connectivity index (χ4v) is 2.70. The third-order valence-electron chi connectivity index (χ3n) is 3.97. The molecule has 27 heavy (non-hydrogen) atoms. The van der Waals surface area contributed by atoms with E-state index < -0.39 is 29.5 Å². The average molecular weight is 376 g/mol. The highest BCUT2D eigenvalue weighted by molar-refractivity contribution is 5.72. The maximum atomic E-state index is 13.4. The van der Waals surface area contributed by atoms with Gasteiger partial charge in [-0.25, -0.2) is 18.0 Å². The molecule has 0 fully saturated rings. The number of halogens is 3. The van der Waals surface area contributed by atoms with E-state index in [-0.39, 0.29) is 23.7 Å². The number of hydrogen-bond acceptors (Lipinski definition) is 4. The first kappa shape index (κ1) is 18.4. The Morgan fingerprint density at radius 1 is 1.22 bits per heavy atom. The smallest absolute Gasteiger partial charge is 0.312 e. The maximum Gasteiger partial charge on any atom is 0.312 e. The van der Waals surface area contributed by atoms with E-state index in [9.17, 15) is 18.0 Å². The molecule has 3 rings (SSSR count). The van der Waals surface area contributed by atoms with E-state index in [4.69, 9.17) is 10.3 Å². The van der Waals surface area contributed by atoms with Gasteiger partial charge in [0.2, 0.25) is 11.7 Å². The lowest BCUT2D eigenvalue weighted by atomic mass is 9.99. The lowest BCUT2D eigenvalue weighted by Crippen LogP contribution is -2.34. The zero-order chi connectivity index (χ0) is 19.6. The van der Waals surface area contributed by atoms with Crippen molar-refractivity contribution in [1.82, 2.24) is 15.5 Å². The molecule has 0 aliphatic carbocycles. The standard InChI is InChI=1S/C18H15F3N4O2/c1-9-4-2-3-5-11(9)14(23-18(22)26)8-15-24-17(25-27-15)10-6-12(19)16(21)13(20)7-10/h2-7,14H,8H2,1H3,(H3,22,23,26). The lowest BCUT2D eigenvalue weighted by Gasteiger charge is -2.18. The number of nitrogens with two attached hydrogens (primary N) is 1. The number of primary amides is 1. The molecule has 3 aromatic rings. The summed E-state index contributed by atoms with van der Waals surface area (Å²) in [5, 5.41) is 6.26. The second kappa shape index (κ2) is 7.48. The van der Waals surface area contributed by atoms with Crippen molar-refractivity contribution in [3.05, 3.63) is 70.9 Å². The van der Waals surface area contributed by atoms with Crippen LogP contribution in [0.5, 0.6) is 0 Å². The van der Waals surface area contributed by atoms with E-state index in [0.29, 0.717) is 0 Å².